The molecule has 0 aliphatic rings. The van der Waals surface area contributed by atoms with Gasteiger partial charge in [0, 0.05) is 18.9 Å². The van der Waals surface area contributed by atoms with Crippen molar-refractivity contribution >= 4 is 18.9 Å². The molecular weight excluding hydrogens is 237 g/mol. The second-order valence-electron chi connectivity index (χ2n) is 6.09. The zero-order chi connectivity index (χ0) is 14.0. The molecule has 1 radical (unpaired) electrons. The summed E-state index contributed by atoms with van der Waals surface area (Å²) in [5.41, 5.74) is 5.48. The number of nitrogens with two attached hydrogens (primary N) is 1. The van der Waals surface area contributed by atoms with Gasteiger partial charge in [0.1, 0.15) is 0 Å². The third kappa shape index (κ3) is 20.9. The number of rotatable bonds is 16. The molecule has 0 amide bonds. The van der Waals surface area contributed by atoms with E-state index in [1.165, 1.54) is 103 Å². The monoisotopic (exact) mass is 276 g/mol. The SMILES string of the molecule is CCCCCCCCCCCCCCCCCCN.[Li]. The number of unbranched alkanes of at least 4 members (excludes halogenated alkanes) is 15. The summed E-state index contributed by atoms with van der Waals surface area (Å²) in [6.45, 7) is 3.16. The Morgan fingerprint density at radius 1 is 0.450 bits per heavy atom. The van der Waals surface area contributed by atoms with Crippen molar-refractivity contribution in [3.63, 3.8) is 0 Å². The second-order valence-corrected chi connectivity index (χ2v) is 6.09. The van der Waals surface area contributed by atoms with Gasteiger partial charge in [-0.3, -0.25) is 0 Å². The molecule has 0 bridgehead atoms. The smallest absolute Gasteiger partial charge is 0 e. The molecule has 0 fully saturated rings. The molecule has 0 heterocycles. The summed E-state index contributed by atoms with van der Waals surface area (Å²) < 4.78 is 0. The van der Waals surface area contributed by atoms with E-state index in [4.69, 9.17) is 5.73 Å². The van der Waals surface area contributed by atoms with E-state index in [-0.39, 0.29) is 18.9 Å². The van der Waals surface area contributed by atoms with Crippen LogP contribution in [0, 0.1) is 0 Å². The molecule has 0 rings (SSSR count). The van der Waals surface area contributed by atoms with Gasteiger partial charge in [-0.25, -0.2) is 0 Å². The van der Waals surface area contributed by atoms with Crippen LogP contribution in [0.5, 0.6) is 0 Å². The Kier molecular flexibility index (Phi) is 24.9. The molecule has 20 heavy (non-hydrogen) atoms. The van der Waals surface area contributed by atoms with Gasteiger partial charge in [-0.1, -0.05) is 103 Å². The molecule has 117 valence electrons. The number of hydrogen-bond acceptors (Lipinski definition) is 1. The third-order valence-electron chi connectivity index (χ3n) is 4.06. The fraction of sp³-hybridized carbons (Fsp3) is 1.00. The van der Waals surface area contributed by atoms with Crippen LogP contribution >= 0.6 is 0 Å². The van der Waals surface area contributed by atoms with Gasteiger partial charge in [-0.05, 0) is 13.0 Å². The molecule has 0 aromatic rings. The van der Waals surface area contributed by atoms with Gasteiger partial charge in [0.25, 0.3) is 0 Å². The first-order valence-electron chi connectivity index (χ1n) is 9.12. The zero-order valence-electron chi connectivity index (χ0n) is 14.6. The van der Waals surface area contributed by atoms with Crippen molar-refractivity contribution in [1.29, 1.82) is 0 Å². The van der Waals surface area contributed by atoms with Crippen LogP contribution in [0.2, 0.25) is 0 Å². The van der Waals surface area contributed by atoms with Gasteiger partial charge in [-0.15, -0.1) is 0 Å². The molecule has 0 saturated heterocycles. The Morgan fingerprint density at radius 3 is 0.950 bits per heavy atom. The van der Waals surface area contributed by atoms with Gasteiger partial charge >= 0.3 is 0 Å². The van der Waals surface area contributed by atoms with Crippen molar-refractivity contribution in [1.82, 2.24) is 0 Å². The maximum Gasteiger partial charge on any atom is 0 e. The Labute approximate surface area is 141 Å². The normalized spacial score (nSPS) is 10.5. The first-order chi connectivity index (χ1) is 9.41. The summed E-state index contributed by atoms with van der Waals surface area (Å²) in [6, 6.07) is 0. The summed E-state index contributed by atoms with van der Waals surface area (Å²) >= 11 is 0. The summed E-state index contributed by atoms with van der Waals surface area (Å²) in [5.74, 6) is 0. The summed E-state index contributed by atoms with van der Waals surface area (Å²) in [6.07, 6.45) is 22.9. The van der Waals surface area contributed by atoms with E-state index in [1.54, 1.807) is 0 Å². The Bertz CT molecular complexity index is 134. The molecule has 1 nitrogen and oxygen atoms in total. The summed E-state index contributed by atoms with van der Waals surface area (Å²) in [4.78, 5) is 0. The van der Waals surface area contributed by atoms with Crippen molar-refractivity contribution in [3.8, 4) is 0 Å². The van der Waals surface area contributed by atoms with Gasteiger partial charge in [0.15, 0.2) is 0 Å². The Hall–Kier alpha value is 0.557. The molecule has 0 aliphatic carbocycles. The van der Waals surface area contributed by atoms with Crippen LogP contribution in [-0.2, 0) is 0 Å². The van der Waals surface area contributed by atoms with E-state index < -0.39 is 0 Å². The molecule has 2 heteroatoms. The minimum Gasteiger partial charge on any atom is -0.330 e. The van der Waals surface area contributed by atoms with Crippen LogP contribution in [0.25, 0.3) is 0 Å². The molecule has 0 spiro atoms. The van der Waals surface area contributed by atoms with E-state index in [9.17, 15) is 0 Å². The van der Waals surface area contributed by atoms with Crippen molar-refractivity contribution in [2.75, 3.05) is 6.54 Å². The zero-order valence-corrected chi connectivity index (χ0v) is 14.6. The summed E-state index contributed by atoms with van der Waals surface area (Å²) in [7, 11) is 0. The molecule has 0 unspecified atom stereocenters. The van der Waals surface area contributed by atoms with Crippen LogP contribution in [-0.4, -0.2) is 25.4 Å². The first kappa shape index (κ1) is 22.8. The van der Waals surface area contributed by atoms with Gasteiger partial charge < -0.3 is 5.73 Å². The molecule has 0 aromatic heterocycles. The van der Waals surface area contributed by atoms with E-state index in [0.29, 0.717) is 0 Å². The predicted molar refractivity (Wildman–Crippen MR) is 94.4 cm³/mol. The molecule has 2 N–H and O–H groups in total. The van der Waals surface area contributed by atoms with E-state index in [2.05, 4.69) is 6.92 Å². The van der Waals surface area contributed by atoms with Gasteiger partial charge in [-0.2, -0.15) is 0 Å². The molecule has 0 aromatic carbocycles. The van der Waals surface area contributed by atoms with Crippen LogP contribution in [0.3, 0.4) is 0 Å². The van der Waals surface area contributed by atoms with Crippen LogP contribution < -0.4 is 5.73 Å². The fourth-order valence-corrected chi connectivity index (χ4v) is 2.69. The predicted octanol–water partition coefficient (Wildman–Crippen LogP) is 5.83. The average Bonchev–Trinajstić information content (AvgIpc) is 2.43. The minimum atomic E-state index is 0. The van der Waals surface area contributed by atoms with E-state index in [0.717, 1.165) is 6.54 Å². The van der Waals surface area contributed by atoms with Gasteiger partial charge in [0.05, 0.1) is 0 Å². The van der Waals surface area contributed by atoms with Crippen LogP contribution in [0.4, 0.5) is 0 Å². The molecule has 0 atom stereocenters. The van der Waals surface area contributed by atoms with Crippen molar-refractivity contribution in [3.05, 3.63) is 0 Å². The largest absolute Gasteiger partial charge is 0.330 e. The van der Waals surface area contributed by atoms with Crippen molar-refractivity contribution < 1.29 is 0 Å². The third-order valence-corrected chi connectivity index (χ3v) is 4.06. The maximum absolute atomic E-state index is 5.48. The van der Waals surface area contributed by atoms with Crippen molar-refractivity contribution in [2.24, 2.45) is 5.73 Å². The van der Waals surface area contributed by atoms with E-state index >= 15 is 0 Å². The van der Waals surface area contributed by atoms with E-state index in [1.807, 2.05) is 0 Å². The topological polar surface area (TPSA) is 26.0 Å². The summed E-state index contributed by atoms with van der Waals surface area (Å²) in [5, 5.41) is 0. The van der Waals surface area contributed by atoms with Gasteiger partial charge in [0.2, 0.25) is 0 Å². The molecule has 0 aliphatic heterocycles. The quantitative estimate of drug-likeness (QED) is 0.279. The first-order valence-corrected chi connectivity index (χ1v) is 9.12. The fourth-order valence-electron chi connectivity index (χ4n) is 2.69. The second kappa shape index (κ2) is 21.8. The molecular formula is C18H39LiN. The van der Waals surface area contributed by atoms with Crippen LogP contribution in [0.15, 0.2) is 0 Å². The number of hydrogen-bond donors (Lipinski definition) is 1. The minimum absolute atomic E-state index is 0. The maximum atomic E-state index is 5.48. The Balaban J connectivity index is 0. The Morgan fingerprint density at radius 2 is 0.700 bits per heavy atom. The standard InChI is InChI=1S/C18H39N.Li/c1-2-3-4-5-6-7-8-9-10-11-12-13-14-15-16-17-18-19;/h2-19H2,1H3;. The van der Waals surface area contributed by atoms with Crippen LogP contribution in [0.1, 0.15) is 110 Å². The average molecular weight is 276 g/mol. The molecule has 0 saturated carbocycles. The van der Waals surface area contributed by atoms with Crippen molar-refractivity contribution in [2.45, 2.75) is 110 Å².